The molecule has 1 saturated heterocycles. The fourth-order valence-electron chi connectivity index (χ4n) is 3.60. The van der Waals surface area contributed by atoms with Gasteiger partial charge in [0.1, 0.15) is 30.0 Å². The van der Waals surface area contributed by atoms with Crippen molar-refractivity contribution in [2.24, 2.45) is 11.8 Å². The first-order valence-corrected chi connectivity index (χ1v) is 8.31. The molecule has 2 heterocycles. The number of rotatable bonds is 5. The molecule has 0 unspecified atom stereocenters. The second kappa shape index (κ2) is 7.45. The maximum absolute atomic E-state index is 11.4. The molecule has 7 N–H and O–H groups in total. The summed E-state index contributed by atoms with van der Waals surface area (Å²) in [6.45, 7) is -1.40. The van der Waals surface area contributed by atoms with Gasteiger partial charge in [-0.15, -0.1) is 0 Å². The van der Waals surface area contributed by atoms with Gasteiger partial charge in [-0.2, -0.15) is 0 Å². The number of aliphatic hydroxyl groups excluding tert-OH is 5. The molecule has 0 bridgehead atoms. The fraction of sp³-hybridized carbons (Fsp3) is 0.688. The summed E-state index contributed by atoms with van der Waals surface area (Å²) in [6, 6.07) is 0. The molecule has 0 amide bonds. The largest absolute Gasteiger partial charge is 0.478 e. The van der Waals surface area contributed by atoms with Gasteiger partial charge in [-0.05, 0) is 0 Å². The van der Waals surface area contributed by atoms with Gasteiger partial charge in [-0.1, -0.05) is 12.2 Å². The molecule has 1 aliphatic carbocycles. The highest BCUT2D eigenvalue weighted by atomic mass is 16.8. The molecule has 9 atom stereocenters. The van der Waals surface area contributed by atoms with Crippen molar-refractivity contribution >= 4 is 5.97 Å². The van der Waals surface area contributed by atoms with E-state index in [0.29, 0.717) is 0 Å². The minimum Gasteiger partial charge on any atom is -0.478 e. The van der Waals surface area contributed by atoms with Gasteiger partial charge in [0.2, 0.25) is 6.29 Å². The molecule has 3 rings (SSSR count). The van der Waals surface area contributed by atoms with Crippen LogP contribution in [0.3, 0.4) is 0 Å². The van der Waals surface area contributed by atoms with E-state index >= 15 is 0 Å². The molecule has 1 fully saturated rings. The molecule has 11 nitrogen and oxygen atoms in total. The summed E-state index contributed by atoms with van der Waals surface area (Å²) in [4.78, 5) is 11.4. The van der Waals surface area contributed by atoms with Crippen molar-refractivity contribution < 1.29 is 54.8 Å². The average molecular weight is 390 g/mol. The van der Waals surface area contributed by atoms with Crippen LogP contribution in [0.25, 0.3) is 0 Å². The first-order valence-electron chi connectivity index (χ1n) is 8.31. The van der Waals surface area contributed by atoms with Crippen LogP contribution in [0.5, 0.6) is 0 Å². The lowest BCUT2D eigenvalue weighted by Gasteiger charge is -2.44. The van der Waals surface area contributed by atoms with Crippen molar-refractivity contribution in [2.75, 3.05) is 13.2 Å². The van der Waals surface area contributed by atoms with Crippen LogP contribution < -0.4 is 0 Å². The SMILES string of the molecule is O=C(O)C1=CO[C@H](O[C@@H]2O[C@H](CO)[C@@H](O)[C@H](O)[C@H]2O)[C@H]2[C@H]1C=C[C@]2(O)CO. The van der Waals surface area contributed by atoms with Crippen molar-refractivity contribution in [3.63, 3.8) is 0 Å². The lowest BCUT2D eigenvalue weighted by Crippen LogP contribution is -2.61. The smallest absolute Gasteiger partial charge is 0.335 e. The standard InChI is InChI=1S/C16H22O11/c17-3-8-10(19)11(20)12(21)15(26-8)27-14-9-6(1-2-16(9,24)5-18)7(4-25-14)13(22)23/h1-2,4,6,8-12,14-15,17-21,24H,3,5H2,(H,22,23)/t6-,8+,9+,10+,11-,12+,14+,15-,16-/m0/s1. The van der Waals surface area contributed by atoms with Crippen LogP contribution in [0.15, 0.2) is 24.0 Å². The zero-order valence-corrected chi connectivity index (χ0v) is 14.0. The average Bonchev–Trinajstić information content (AvgIpc) is 3.01. The molecule has 0 saturated carbocycles. The number of carboxylic acids is 1. The van der Waals surface area contributed by atoms with Crippen LogP contribution in [-0.4, -0.2) is 97.5 Å². The van der Waals surface area contributed by atoms with Gasteiger partial charge in [0, 0.05) is 5.92 Å². The van der Waals surface area contributed by atoms with Gasteiger partial charge in [0.05, 0.1) is 31.0 Å². The lowest BCUT2D eigenvalue weighted by atomic mass is 9.79. The maximum atomic E-state index is 11.4. The topological polar surface area (TPSA) is 186 Å². The van der Waals surface area contributed by atoms with Gasteiger partial charge in [-0.25, -0.2) is 4.79 Å². The second-order valence-corrected chi connectivity index (χ2v) is 6.78. The van der Waals surface area contributed by atoms with E-state index in [1.165, 1.54) is 12.2 Å². The van der Waals surface area contributed by atoms with Crippen molar-refractivity contribution in [3.8, 4) is 0 Å². The number of ether oxygens (including phenoxy) is 3. The molecule has 0 radical (unpaired) electrons. The van der Waals surface area contributed by atoms with Crippen LogP contribution in [0.2, 0.25) is 0 Å². The van der Waals surface area contributed by atoms with Crippen LogP contribution in [0, 0.1) is 11.8 Å². The van der Waals surface area contributed by atoms with E-state index in [2.05, 4.69) is 0 Å². The van der Waals surface area contributed by atoms with Gasteiger partial charge in [-0.3, -0.25) is 0 Å². The van der Waals surface area contributed by atoms with Crippen LogP contribution in [0.4, 0.5) is 0 Å². The zero-order chi connectivity index (χ0) is 19.9. The third-order valence-corrected chi connectivity index (χ3v) is 5.15. The van der Waals surface area contributed by atoms with Crippen molar-refractivity contribution in [1.29, 1.82) is 0 Å². The van der Waals surface area contributed by atoms with E-state index < -0.39 is 73.6 Å². The molecule has 27 heavy (non-hydrogen) atoms. The highest BCUT2D eigenvalue weighted by molar-refractivity contribution is 5.87. The Morgan fingerprint density at radius 1 is 1.15 bits per heavy atom. The summed E-state index contributed by atoms with van der Waals surface area (Å²) in [5.74, 6) is -3.20. The summed E-state index contributed by atoms with van der Waals surface area (Å²) >= 11 is 0. The number of fused-ring (bicyclic) bond motifs is 1. The third kappa shape index (κ3) is 3.37. The molecule has 3 aliphatic rings. The van der Waals surface area contributed by atoms with Gasteiger partial charge in [0.15, 0.2) is 6.29 Å². The molecular formula is C16H22O11. The summed E-state index contributed by atoms with van der Waals surface area (Å²) in [5, 5.41) is 68.4. The maximum Gasteiger partial charge on any atom is 0.335 e. The first-order chi connectivity index (χ1) is 12.7. The van der Waals surface area contributed by atoms with E-state index in [9.17, 15) is 40.5 Å². The Bertz CT molecular complexity index is 632. The van der Waals surface area contributed by atoms with E-state index in [4.69, 9.17) is 14.2 Å². The van der Waals surface area contributed by atoms with Crippen LogP contribution in [-0.2, 0) is 19.0 Å². The number of carbonyl (C=O) groups is 1. The molecule has 152 valence electrons. The summed E-state index contributed by atoms with van der Waals surface area (Å²) in [5.41, 5.74) is -2.01. The highest BCUT2D eigenvalue weighted by Gasteiger charge is 2.55. The Balaban J connectivity index is 1.84. The molecule has 0 aromatic carbocycles. The fourth-order valence-corrected chi connectivity index (χ4v) is 3.60. The van der Waals surface area contributed by atoms with E-state index in [0.717, 1.165) is 6.26 Å². The van der Waals surface area contributed by atoms with Gasteiger partial charge >= 0.3 is 5.97 Å². The van der Waals surface area contributed by atoms with Crippen molar-refractivity contribution in [2.45, 2.75) is 42.6 Å². The monoisotopic (exact) mass is 390 g/mol. The van der Waals surface area contributed by atoms with E-state index in [1.807, 2.05) is 0 Å². The van der Waals surface area contributed by atoms with E-state index in [-0.39, 0.29) is 5.57 Å². The summed E-state index contributed by atoms with van der Waals surface area (Å²) < 4.78 is 16.0. The minimum atomic E-state index is -1.85. The number of hydrogen-bond acceptors (Lipinski definition) is 10. The zero-order valence-electron chi connectivity index (χ0n) is 14.0. The van der Waals surface area contributed by atoms with Crippen LogP contribution in [0.1, 0.15) is 0 Å². The number of hydrogen-bond donors (Lipinski definition) is 7. The first kappa shape index (κ1) is 20.2. The Hall–Kier alpha value is -1.57. The summed E-state index contributed by atoms with van der Waals surface area (Å²) in [7, 11) is 0. The Morgan fingerprint density at radius 3 is 2.44 bits per heavy atom. The molecule has 0 spiro atoms. The molecular weight excluding hydrogens is 368 g/mol. The number of aliphatic carboxylic acids is 1. The minimum absolute atomic E-state index is 0.158. The Labute approximate surface area is 153 Å². The molecule has 0 aromatic heterocycles. The predicted octanol–water partition coefficient (Wildman–Crippen LogP) is -3.35. The van der Waals surface area contributed by atoms with Gasteiger partial charge in [0.25, 0.3) is 0 Å². The van der Waals surface area contributed by atoms with Crippen LogP contribution >= 0.6 is 0 Å². The Morgan fingerprint density at radius 2 is 1.85 bits per heavy atom. The number of carboxylic acid groups (broad SMARTS) is 1. The lowest BCUT2D eigenvalue weighted by molar-refractivity contribution is -0.346. The third-order valence-electron chi connectivity index (χ3n) is 5.15. The normalized spacial score (nSPS) is 46.5. The highest BCUT2D eigenvalue weighted by Crippen LogP contribution is 2.45. The van der Waals surface area contributed by atoms with E-state index in [1.54, 1.807) is 0 Å². The number of allylic oxidation sites excluding steroid dienone is 1. The quantitative estimate of drug-likeness (QED) is 0.233. The van der Waals surface area contributed by atoms with Crippen molar-refractivity contribution in [3.05, 3.63) is 24.0 Å². The predicted molar refractivity (Wildman–Crippen MR) is 83.6 cm³/mol. The molecule has 0 aromatic rings. The summed E-state index contributed by atoms with van der Waals surface area (Å²) in [6.07, 6.45) is -5.48. The molecule has 2 aliphatic heterocycles. The Kier molecular flexibility index (Phi) is 5.57. The van der Waals surface area contributed by atoms with Crippen molar-refractivity contribution in [1.82, 2.24) is 0 Å². The second-order valence-electron chi connectivity index (χ2n) is 6.78. The number of aliphatic hydroxyl groups is 6. The molecule has 11 heteroatoms. The van der Waals surface area contributed by atoms with Gasteiger partial charge < -0.3 is 50.0 Å².